The van der Waals surface area contributed by atoms with E-state index in [4.69, 9.17) is 5.73 Å². The van der Waals surface area contributed by atoms with Crippen molar-refractivity contribution in [3.8, 4) is 0 Å². The summed E-state index contributed by atoms with van der Waals surface area (Å²) in [4.78, 5) is 16.6. The van der Waals surface area contributed by atoms with E-state index in [9.17, 15) is 4.79 Å². The summed E-state index contributed by atoms with van der Waals surface area (Å²) >= 11 is 1.30. The summed E-state index contributed by atoms with van der Waals surface area (Å²) in [6, 6.07) is 0. The molecule has 1 aromatic rings. The molecule has 1 aromatic heterocycles. The minimum atomic E-state index is -0.124. The largest absolute Gasteiger partial charge is 0.382 e. The number of hydrogen-bond acceptors (Lipinski definition) is 5. The molecule has 1 amide bonds. The van der Waals surface area contributed by atoms with E-state index in [0.717, 1.165) is 19.4 Å². The molecule has 0 saturated carbocycles. The quantitative estimate of drug-likeness (QED) is 0.710. The van der Waals surface area contributed by atoms with Gasteiger partial charge in [0.2, 0.25) is 0 Å². The van der Waals surface area contributed by atoms with Crippen LogP contribution < -0.4 is 16.4 Å². The summed E-state index contributed by atoms with van der Waals surface area (Å²) in [5, 5.41) is 6.68. The topological polar surface area (TPSA) is 80.0 Å². The lowest BCUT2D eigenvalue weighted by Gasteiger charge is -2.12. The molecular formula is C12H22N4OS. The van der Waals surface area contributed by atoms with Crippen LogP contribution in [0.2, 0.25) is 0 Å². The molecule has 0 aromatic carbocycles. The van der Waals surface area contributed by atoms with E-state index in [1.54, 1.807) is 0 Å². The zero-order valence-electron chi connectivity index (χ0n) is 11.2. The number of aromatic nitrogens is 1. The Kier molecular flexibility index (Phi) is 5.91. The van der Waals surface area contributed by atoms with Gasteiger partial charge in [-0.2, -0.15) is 0 Å². The van der Waals surface area contributed by atoms with Gasteiger partial charge >= 0.3 is 0 Å². The van der Waals surface area contributed by atoms with E-state index >= 15 is 0 Å². The molecule has 1 heterocycles. The zero-order valence-corrected chi connectivity index (χ0v) is 12.1. The smallest absolute Gasteiger partial charge is 0.265 e. The number of nitrogens with zero attached hydrogens (tertiary/aromatic N) is 1. The average molecular weight is 270 g/mol. The number of carbonyl (C=O) groups excluding carboxylic acids is 1. The van der Waals surface area contributed by atoms with Gasteiger partial charge in [0.1, 0.15) is 10.7 Å². The Morgan fingerprint density at radius 2 is 2.06 bits per heavy atom. The Balaban J connectivity index is 2.60. The maximum Gasteiger partial charge on any atom is 0.265 e. The third kappa shape index (κ3) is 3.87. The van der Waals surface area contributed by atoms with Crippen LogP contribution in [0.15, 0.2) is 0 Å². The second kappa shape index (κ2) is 7.20. The molecule has 0 unspecified atom stereocenters. The van der Waals surface area contributed by atoms with Crippen LogP contribution >= 0.6 is 11.3 Å². The molecule has 0 aliphatic carbocycles. The highest BCUT2D eigenvalue weighted by molar-refractivity contribution is 7.18. The third-order valence-corrected chi connectivity index (χ3v) is 3.92. The minimum Gasteiger partial charge on any atom is -0.382 e. The van der Waals surface area contributed by atoms with Crippen molar-refractivity contribution < 1.29 is 4.79 Å². The second-order valence-corrected chi connectivity index (χ2v) is 5.16. The molecule has 0 bridgehead atoms. The van der Waals surface area contributed by atoms with Gasteiger partial charge in [-0.05, 0) is 12.8 Å². The van der Waals surface area contributed by atoms with Gasteiger partial charge < -0.3 is 16.4 Å². The Labute approximate surface area is 112 Å². The molecule has 0 saturated heterocycles. The molecule has 5 nitrogen and oxygen atoms in total. The lowest BCUT2D eigenvalue weighted by Crippen LogP contribution is -2.28. The fourth-order valence-electron chi connectivity index (χ4n) is 1.62. The summed E-state index contributed by atoms with van der Waals surface area (Å²) in [5.74, 6) is 0.704. The first-order valence-electron chi connectivity index (χ1n) is 6.40. The molecule has 0 spiro atoms. The van der Waals surface area contributed by atoms with Gasteiger partial charge in [-0.1, -0.05) is 38.0 Å². The Hall–Kier alpha value is -1.30. The maximum atomic E-state index is 12.0. The Morgan fingerprint density at radius 1 is 1.39 bits per heavy atom. The number of rotatable bonds is 7. The standard InChI is InChI=1S/C12H22N4OS/c1-4-8(5-2)7-15-11(17)9-10(13)16-12(18-9)14-6-3/h8H,4-7,13H2,1-3H3,(H,14,16)(H,15,17). The fraction of sp³-hybridized carbons (Fsp3) is 0.667. The molecular weight excluding hydrogens is 248 g/mol. The minimum absolute atomic E-state index is 0.124. The number of nitrogen functional groups attached to an aromatic ring is 1. The number of carbonyl (C=O) groups is 1. The van der Waals surface area contributed by atoms with Gasteiger partial charge in [-0.15, -0.1) is 0 Å². The Morgan fingerprint density at radius 3 is 2.61 bits per heavy atom. The first kappa shape index (κ1) is 14.8. The molecule has 6 heteroatoms. The molecule has 102 valence electrons. The number of anilines is 2. The maximum absolute atomic E-state index is 12.0. The van der Waals surface area contributed by atoms with Gasteiger partial charge in [0, 0.05) is 13.1 Å². The summed E-state index contributed by atoms with van der Waals surface area (Å²) in [5.41, 5.74) is 5.74. The lowest BCUT2D eigenvalue weighted by atomic mass is 10.0. The molecule has 0 radical (unpaired) electrons. The Bertz CT molecular complexity index is 387. The molecule has 18 heavy (non-hydrogen) atoms. The molecule has 1 rings (SSSR count). The second-order valence-electron chi connectivity index (χ2n) is 4.16. The summed E-state index contributed by atoms with van der Waals surface area (Å²) in [6.07, 6.45) is 2.13. The van der Waals surface area contributed by atoms with E-state index in [-0.39, 0.29) is 5.91 Å². The van der Waals surface area contributed by atoms with Crippen LogP contribution in [0.3, 0.4) is 0 Å². The number of nitrogens with two attached hydrogens (primary N) is 1. The van der Waals surface area contributed by atoms with Crippen LogP contribution in [0, 0.1) is 5.92 Å². The molecule has 4 N–H and O–H groups in total. The molecule has 0 fully saturated rings. The van der Waals surface area contributed by atoms with Gasteiger partial charge in [0.15, 0.2) is 5.13 Å². The van der Waals surface area contributed by atoms with E-state index in [2.05, 4.69) is 29.5 Å². The SMILES string of the molecule is CCNc1nc(N)c(C(=O)NCC(CC)CC)s1. The van der Waals surface area contributed by atoms with Crippen molar-refractivity contribution in [1.29, 1.82) is 0 Å². The molecule has 0 aliphatic heterocycles. The highest BCUT2D eigenvalue weighted by Crippen LogP contribution is 2.24. The summed E-state index contributed by atoms with van der Waals surface area (Å²) < 4.78 is 0. The predicted octanol–water partition coefficient (Wildman–Crippen LogP) is 2.32. The normalized spacial score (nSPS) is 10.7. The van der Waals surface area contributed by atoms with E-state index in [1.807, 2.05) is 6.92 Å². The predicted molar refractivity (Wildman–Crippen MR) is 77.1 cm³/mol. The van der Waals surface area contributed by atoms with Crippen molar-refractivity contribution in [2.24, 2.45) is 5.92 Å². The third-order valence-electron chi connectivity index (χ3n) is 2.89. The first-order valence-corrected chi connectivity index (χ1v) is 7.22. The van der Waals surface area contributed by atoms with Crippen molar-refractivity contribution in [3.63, 3.8) is 0 Å². The van der Waals surface area contributed by atoms with Gasteiger partial charge in [0.25, 0.3) is 5.91 Å². The van der Waals surface area contributed by atoms with Crippen LogP contribution in [0.4, 0.5) is 10.9 Å². The summed E-state index contributed by atoms with van der Waals surface area (Å²) in [7, 11) is 0. The van der Waals surface area contributed by atoms with Gasteiger partial charge in [0.05, 0.1) is 0 Å². The fourth-order valence-corrected chi connectivity index (χ4v) is 2.49. The van der Waals surface area contributed by atoms with Crippen molar-refractivity contribution in [3.05, 3.63) is 4.88 Å². The lowest BCUT2D eigenvalue weighted by molar-refractivity contribution is 0.0951. The monoisotopic (exact) mass is 270 g/mol. The van der Waals surface area contributed by atoms with Crippen LogP contribution in [-0.4, -0.2) is 24.0 Å². The number of nitrogens with one attached hydrogen (secondary N) is 2. The average Bonchev–Trinajstić information content (AvgIpc) is 2.72. The van der Waals surface area contributed by atoms with E-state index in [1.165, 1.54) is 11.3 Å². The van der Waals surface area contributed by atoms with Gasteiger partial charge in [-0.3, -0.25) is 4.79 Å². The first-order chi connectivity index (χ1) is 8.62. The van der Waals surface area contributed by atoms with E-state index in [0.29, 0.717) is 28.3 Å². The number of thiazole rings is 1. The number of hydrogen-bond donors (Lipinski definition) is 3. The van der Waals surface area contributed by atoms with E-state index < -0.39 is 0 Å². The van der Waals surface area contributed by atoms with Crippen LogP contribution in [0.25, 0.3) is 0 Å². The van der Waals surface area contributed by atoms with Crippen LogP contribution in [0.5, 0.6) is 0 Å². The molecule has 0 aliphatic rings. The summed E-state index contributed by atoms with van der Waals surface area (Å²) in [6.45, 7) is 7.70. The van der Waals surface area contributed by atoms with Crippen molar-refractivity contribution in [2.75, 3.05) is 24.1 Å². The van der Waals surface area contributed by atoms with Gasteiger partial charge in [-0.25, -0.2) is 4.98 Å². The van der Waals surface area contributed by atoms with Crippen LogP contribution in [-0.2, 0) is 0 Å². The number of amides is 1. The highest BCUT2D eigenvalue weighted by Gasteiger charge is 2.16. The van der Waals surface area contributed by atoms with Crippen LogP contribution in [0.1, 0.15) is 43.3 Å². The van der Waals surface area contributed by atoms with Crippen molar-refractivity contribution in [2.45, 2.75) is 33.6 Å². The zero-order chi connectivity index (χ0) is 13.5. The van der Waals surface area contributed by atoms with Crippen molar-refractivity contribution in [1.82, 2.24) is 10.3 Å². The van der Waals surface area contributed by atoms with Crippen molar-refractivity contribution >= 4 is 28.2 Å². The highest BCUT2D eigenvalue weighted by atomic mass is 32.1. The molecule has 0 atom stereocenters.